The molecular weight excluding hydrogens is 292 g/mol. The van der Waals surface area contributed by atoms with Crippen molar-refractivity contribution in [3.63, 3.8) is 0 Å². The fourth-order valence-corrected chi connectivity index (χ4v) is 2.80. The molecule has 7 heteroatoms. The Morgan fingerprint density at radius 1 is 1.33 bits per heavy atom. The second-order valence-corrected chi connectivity index (χ2v) is 6.80. The van der Waals surface area contributed by atoms with Crippen molar-refractivity contribution in [3.8, 4) is 0 Å². The molecule has 6 nitrogen and oxygen atoms in total. The second-order valence-electron chi connectivity index (χ2n) is 5.24. The highest BCUT2D eigenvalue weighted by molar-refractivity contribution is 7.89. The Morgan fingerprint density at radius 2 is 2.00 bits per heavy atom. The molecule has 1 fully saturated rings. The number of hydrogen-bond donors (Lipinski definition) is 2. The highest BCUT2D eigenvalue weighted by atomic mass is 32.2. The lowest BCUT2D eigenvalue weighted by atomic mass is 10.1. The third-order valence-electron chi connectivity index (χ3n) is 3.49. The molecule has 0 spiro atoms. The van der Waals surface area contributed by atoms with E-state index in [0.717, 1.165) is 18.4 Å². The van der Waals surface area contributed by atoms with Crippen LogP contribution in [0, 0.1) is 0 Å². The van der Waals surface area contributed by atoms with Crippen LogP contribution in [0.3, 0.4) is 0 Å². The molecule has 1 aliphatic rings. The largest absolute Gasteiger partial charge is 0.365 e. The molecule has 3 N–H and O–H groups in total. The molecule has 2 unspecified atom stereocenters. The number of hydrogen-bond acceptors (Lipinski definition) is 4. The standard InChI is InChI=1S/C14H20N2O4S/c1-10-2-7-13(20-10)14(17)16-9-8-11-3-5-12(6-4-11)21(15,18)19/h3-6,10,13H,2,7-9H2,1H3,(H,16,17)(H2,15,18,19). The van der Waals surface area contributed by atoms with Crippen LogP contribution in [0.4, 0.5) is 0 Å². The zero-order chi connectivity index (χ0) is 15.5. The van der Waals surface area contributed by atoms with Crippen LogP contribution in [0.1, 0.15) is 25.3 Å². The Labute approximate surface area is 124 Å². The van der Waals surface area contributed by atoms with Gasteiger partial charge in [0.2, 0.25) is 15.9 Å². The summed E-state index contributed by atoms with van der Waals surface area (Å²) in [6, 6.07) is 6.32. The van der Waals surface area contributed by atoms with E-state index in [1.165, 1.54) is 12.1 Å². The highest BCUT2D eigenvalue weighted by Gasteiger charge is 2.27. The minimum absolute atomic E-state index is 0.0829. The number of sulfonamides is 1. The Hall–Kier alpha value is -1.44. The number of nitrogens with one attached hydrogen (secondary N) is 1. The van der Waals surface area contributed by atoms with E-state index in [2.05, 4.69) is 5.32 Å². The van der Waals surface area contributed by atoms with Gasteiger partial charge < -0.3 is 10.1 Å². The fourth-order valence-electron chi connectivity index (χ4n) is 2.29. The van der Waals surface area contributed by atoms with Gasteiger partial charge in [-0.2, -0.15) is 0 Å². The van der Waals surface area contributed by atoms with Crippen molar-refractivity contribution in [2.75, 3.05) is 6.54 Å². The SMILES string of the molecule is CC1CCC(C(=O)NCCc2ccc(S(N)(=O)=O)cc2)O1. The first-order valence-corrected chi connectivity index (χ1v) is 8.46. The first-order chi connectivity index (χ1) is 9.86. The quantitative estimate of drug-likeness (QED) is 0.830. The van der Waals surface area contributed by atoms with Crippen molar-refractivity contribution >= 4 is 15.9 Å². The Bertz CT molecular complexity index is 598. The van der Waals surface area contributed by atoms with E-state index in [0.29, 0.717) is 13.0 Å². The number of amides is 1. The number of rotatable bonds is 5. The lowest BCUT2D eigenvalue weighted by Gasteiger charge is -2.11. The van der Waals surface area contributed by atoms with Gasteiger partial charge in [0.15, 0.2) is 0 Å². The third-order valence-corrected chi connectivity index (χ3v) is 4.42. The molecule has 1 aromatic rings. The van der Waals surface area contributed by atoms with Crippen molar-refractivity contribution in [2.24, 2.45) is 5.14 Å². The maximum Gasteiger partial charge on any atom is 0.249 e. The Kier molecular flexibility index (Phi) is 4.97. The van der Waals surface area contributed by atoms with Gasteiger partial charge >= 0.3 is 0 Å². The summed E-state index contributed by atoms with van der Waals surface area (Å²) in [6.45, 7) is 2.45. The van der Waals surface area contributed by atoms with Gasteiger partial charge in [0.25, 0.3) is 0 Å². The molecule has 2 rings (SSSR count). The summed E-state index contributed by atoms with van der Waals surface area (Å²) in [6.07, 6.45) is 2.10. The van der Waals surface area contributed by atoms with Crippen LogP contribution in [0.2, 0.25) is 0 Å². The number of benzene rings is 1. The summed E-state index contributed by atoms with van der Waals surface area (Å²) in [5, 5.41) is 7.86. The van der Waals surface area contributed by atoms with Crippen LogP contribution in [0.5, 0.6) is 0 Å². The van der Waals surface area contributed by atoms with Crippen molar-refractivity contribution < 1.29 is 17.9 Å². The molecule has 1 aromatic carbocycles. The zero-order valence-electron chi connectivity index (χ0n) is 11.9. The van der Waals surface area contributed by atoms with Crippen LogP contribution < -0.4 is 10.5 Å². The van der Waals surface area contributed by atoms with Crippen LogP contribution in [0.15, 0.2) is 29.2 Å². The van der Waals surface area contributed by atoms with Crippen molar-refractivity contribution in [3.05, 3.63) is 29.8 Å². The van der Waals surface area contributed by atoms with Crippen LogP contribution in [-0.4, -0.2) is 33.1 Å². The average molecular weight is 312 g/mol. The Balaban J connectivity index is 1.80. The lowest BCUT2D eigenvalue weighted by molar-refractivity contribution is -0.131. The number of nitrogens with two attached hydrogens (primary N) is 1. The van der Waals surface area contributed by atoms with Crippen LogP contribution in [0.25, 0.3) is 0 Å². The van der Waals surface area contributed by atoms with Gasteiger partial charge in [-0.15, -0.1) is 0 Å². The molecule has 0 bridgehead atoms. The Morgan fingerprint density at radius 3 is 2.52 bits per heavy atom. The molecule has 1 saturated heterocycles. The normalized spacial score (nSPS) is 22.2. The van der Waals surface area contributed by atoms with Gasteiger partial charge in [0.1, 0.15) is 6.10 Å². The molecule has 21 heavy (non-hydrogen) atoms. The van der Waals surface area contributed by atoms with Gasteiger partial charge in [-0.05, 0) is 43.9 Å². The number of carbonyl (C=O) groups is 1. The molecule has 0 aromatic heterocycles. The van der Waals surface area contributed by atoms with Gasteiger partial charge in [-0.3, -0.25) is 4.79 Å². The van der Waals surface area contributed by atoms with Gasteiger partial charge in [0.05, 0.1) is 11.0 Å². The van der Waals surface area contributed by atoms with E-state index in [1.807, 2.05) is 6.92 Å². The third kappa shape index (κ3) is 4.52. The van der Waals surface area contributed by atoms with Gasteiger partial charge in [0, 0.05) is 6.54 Å². The van der Waals surface area contributed by atoms with Crippen molar-refractivity contribution in [2.45, 2.75) is 43.3 Å². The summed E-state index contributed by atoms with van der Waals surface area (Å²) in [4.78, 5) is 11.9. The first kappa shape index (κ1) is 15.9. The summed E-state index contributed by atoms with van der Waals surface area (Å²) >= 11 is 0. The monoisotopic (exact) mass is 312 g/mol. The molecule has 1 aliphatic heterocycles. The minimum atomic E-state index is -3.66. The minimum Gasteiger partial charge on any atom is -0.365 e. The van der Waals surface area contributed by atoms with Gasteiger partial charge in [-0.1, -0.05) is 12.1 Å². The summed E-state index contributed by atoms with van der Waals surface area (Å²) in [7, 11) is -3.66. The van der Waals surface area contributed by atoms with E-state index in [-0.39, 0.29) is 23.0 Å². The first-order valence-electron chi connectivity index (χ1n) is 6.91. The van der Waals surface area contributed by atoms with E-state index in [1.54, 1.807) is 12.1 Å². The molecule has 116 valence electrons. The predicted molar refractivity (Wildman–Crippen MR) is 78.1 cm³/mol. The highest BCUT2D eigenvalue weighted by Crippen LogP contribution is 2.18. The van der Waals surface area contributed by atoms with E-state index >= 15 is 0 Å². The smallest absolute Gasteiger partial charge is 0.249 e. The number of carbonyl (C=O) groups excluding carboxylic acids is 1. The number of primary sulfonamides is 1. The van der Waals surface area contributed by atoms with E-state index in [9.17, 15) is 13.2 Å². The predicted octanol–water partition coefficient (Wildman–Crippen LogP) is 0.560. The van der Waals surface area contributed by atoms with Gasteiger partial charge in [-0.25, -0.2) is 13.6 Å². The molecular formula is C14H20N2O4S. The average Bonchev–Trinajstić information content (AvgIpc) is 2.85. The molecule has 2 atom stereocenters. The second kappa shape index (κ2) is 6.55. The number of ether oxygens (including phenoxy) is 1. The van der Waals surface area contributed by atoms with E-state index in [4.69, 9.17) is 9.88 Å². The molecule has 0 radical (unpaired) electrons. The maximum absolute atomic E-state index is 11.8. The molecule has 1 amide bonds. The topological polar surface area (TPSA) is 98.5 Å². The summed E-state index contributed by atoms with van der Waals surface area (Å²) < 4.78 is 27.7. The van der Waals surface area contributed by atoms with E-state index < -0.39 is 10.0 Å². The fraction of sp³-hybridized carbons (Fsp3) is 0.500. The maximum atomic E-state index is 11.8. The van der Waals surface area contributed by atoms with Crippen molar-refractivity contribution in [1.82, 2.24) is 5.32 Å². The molecule has 1 heterocycles. The zero-order valence-corrected chi connectivity index (χ0v) is 12.7. The molecule has 0 aliphatic carbocycles. The molecule has 0 saturated carbocycles. The lowest BCUT2D eigenvalue weighted by Crippen LogP contribution is -2.35. The summed E-state index contributed by atoms with van der Waals surface area (Å²) in [5.74, 6) is -0.0829. The summed E-state index contributed by atoms with van der Waals surface area (Å²) in [5.41, 5.74) is 0.934. The van der Waals surface area contributed by atoms with Crippen molar-refractivity contribution in [1.29, 1.82) is 0 Å². The van der Waals surface area contributed by atoms with Crippen LogP contribution >= 0.6 is 0 Å². The van der Waals surface area contributed by atoms with Crippen LogP contribution in [-0.2, 0) is 26.0 Å².